The van der Waals surface area contributed by atoms with Crippen LogP contribution in [0.4, 0.5) is 0 Å². The van der Waals surface area contributed by atoms with Crippen molar-refractivity contribution in [3.63, 3.8) is 0 Å². The van der Waals surface area contributed by atoms with Gasteiger partial charge in [-0.3, -0.25) is 28.8 Å². The quantitative estimate of drug-likeness (QED) is 0.673. The highest BCUT2D eigenvalue weighted by Crippen LogP contribution is 2.23. The summed E-state index contributed by atoms with van der Waals surface area (Å²) >= 11 is 0. The van der Waals surface area contributed by atoms with E-state index in [2.05, 4.69) is 5.32 Å². The van der Waals surface area contributed by atoms with Crippen molar-refractivity contribution in [2.24, 2.45) is 7.05 Å². The topological polar surface area (TPSA) is 90.2 Å². The molecule has 2 amide bonds. The largest absolute Gasteiger partial charge is 0.329 e. The maximum Gasteiger partial charge on any atom is 0.329 e. The van der Waals surface area contributed by atoms with Gasteiger partial charge in [0.05, 0.1) is 11.0 Å². The number of nitrogens with zero attached hydrogens (tertiary/aromatic N) is 2. The highest BCUT2D eigenvalue weighted by atomic mass is 16.2. The van der Waals surface area contributed by atoms with Crippen LogP contribution < -0.4 is 11.0 Å². The van der Waals surface area contributed by atoms with Crippen LogP contribution in [-0.4, -0.2) is 26.7 Å². The van der Waals surface area contributed by atoms with E-state index >= 15 is 0 Å². The van der Waals surface area contributed by atoms with Gasteiger partial charge in [0.2, 0.25) is 11.8 Å². The number of carbonyl (C=O) groups excluding carboxylic acids is 3. The summed E-state index contributed by atoms with van der Waals surface area (Å²) in [5.74, 6) is -0.798. The second kappa shape index (κ2) is 5.49. The molecule has 2 heterocycles. The third-order valence-corrected chi connectivity index (χ3v) is 4.25. The molecule has 1 aromatic heterocycles. The maximum absolute atomic E-state index is 12.5. The van der Waals surface area contributed by atoms with Crippen molar-refractivity contribution < 1.29 is 14.4 Å². The van der Waals surface area contributed by atoms with Crippen molar-refractivity contribution in [3.05, 3.63) is 34.2 Å². The molecule has 0 spiro atoms. The number of benzene rings is 1. The van der Waals surface area contributed by atoms with Crippen LogP contribution in [0.25, 0.3) is 11.0 Å². The number of aryl methyl sites for hydroxylation is 1. The molecule has 1 aromatic carbocycles. The highest BCUT2D eigenvalue weighted by molar-refractivity contribution is 6.01. The van der Waals surface area contributed by atoms with Gasteiger partial charge in [-0.1, -0.05) is 6.92 Å². The van der Waals surface area contributed by atoms with E-state index in [1.807, 2.05) is 0 Å². The Morgan fingerprint density at radius 2 is 2.00 bits per heavy atom. The van der Waals surface area contributed by atoms with Crippen molar-refractivity contribution in [3.8, 4) is 0 Å². The van der Waals surface area contributed by atoms with E-state index in [-0.39, 0.29) is 23.8 Å². The minimum atomic E-state index is -0.711. The molecular formula is C16H17N3O4. The molecule has 1 fully saturated rings. The van der Waals surface area contributed by atoms with Gasteiger partial charge in [-0.25, -0.2) is 4.79 Å². The van der Waals surface area contributed by atoms with Crippen molar-refractivity contribution in [1.82, 2.24) is 14.5 Å². The molecule has 2 aromatic rings. The maximum atomic E-state index is 12.5. The average Bonchev–Trinajstić information content (AvgIpc) is 2.78. The summed E-state index contributed by atoms with van der Waals surface area (Å²) in [5, 5.41) is 2.27. The van der Waals surface area contributed by atoms with Crippen LogP contribution >= 0.6 is 0 Å². The van der Waals surface area contributed by atoms with E-state index in [0.29, 0.717) is 29.4 Å². The molecular weight excluding hydrogens is 298 g/mol. The second-order valence-corrected chi connectivity index (χ2v) is 5.66. The van der Waals surface area contributed by atoms with Crippen LogP contribution in [0.5, 0.6) is 0 Å². The normalized spacial score (nSPS) is 18.3. The van der Waals surface area contributed by atoms with Crippen LogP contribution in [0.2, 0.25) is 0 Å². The van der Waals surface area contributed by atoms with E-state index in [9.17, 15) is 19.2 Å². The zero-order valence-corrected chi connectivity index (χ0v) is 13.0. The second-order valence-electron chi connectivity index (χ2n) is 5.66. The number of imide groups is 1. The Balaban J connectivity index is 2.17. The molecule has 120 valence electrons. The number of imidazole rings is 1. The predicted molar refractivity (Wildman–Crippen MR) is 83.2 cm³/mol. The molecule has 0 aliphatic carbocycles. The zero-order valence-electron chi connectivity index (χ0n) is 13.0. The van der Waals surface area contributed by atoms with E-state index < -0.39 is 11.9 Å². The molecule has 7 heteroatoms. The number of piperidine rings is 1. The fourth-order valence-corrected chi connectivity index (χ4v) is 2.97. The number of ketones is 1. The standard InChI is InChI=1S/C16H17N3O4/c1-3-13(20)9-4-5-10-12(8-9)18(2)16(23)19(10)11-6-7-14(21)17-15(11)22/h4-5,8,11H,3,6-7H2,1-2H3,(H,17,21,22). The first-order valence-corrected chi connectivity index (χ1v) is 7.52. The van der Waals surface area contributed by atoms with Crippen LogP contribution in [0.3, 0.4) is 0 Å². The number of amides is 2. The fraction of sp³-hybridized carbons (Fsp3) is 0.375. The van der Waals surface area contributed by atoms with Gasteiger partial charge in [0.1, 0.15) is 6.04 Å². The van der Waals surface area contributed by atoms with Gasteiger partial charge in [0.25, 0.3) is 0 Å². The van der Waals surface area contributed by atoms with E-state index in [4.69, 9.17) is 0 Å². The number of fused-ring (bicyclic) bond motifs is 1. The first-order valence-electron chi connectivity index (χ1n) is 7.52. The molecule has 1 aliphatic rings. The Labute approximate surface area is 131 Å². The molecule has 0 radical (unpaired) electrons. The smallest absolute Gasteiger partial charge is 0.295 e. The van der Waals surface area contributed by atoms with E-state index in [1.54, 1.807) is 32.2 Å². The molecule has 0 saturated carbocycles. The monoisotopic (exact) mass is 315 g/mol. The van der Waals surface area contributed by atoms with Crippen LogP contribution in [-0.2, 0) is 16.6 Å². The summed E-state index contributed by atoms with van der Waals surface area (Å²) in [6.07, 6.45) is 0.873. The number of nitrogens with one attached hydrogen (secondary N) is 1. The number of hydrogen-bond acceptors (Lipinski definition) is 4. The van der Waals surface area contributed by atoms with Crippen LogP contribution in [0.15, 0.2) is 23.0 Å². The van der Waals surface area contributed by atoms with E-state index in [1.165, 1.54) is 9.13 Å². The summed E-state index contributed by atoms with van der Waals surface area (Å²) < 4.78 is 2.82. The number of rotatable bonds is 3. The minimum absolute atomic E-state index is 0.00638. The number of hydrogen-bond donors (Lipinski definition) is 1. The van der Waals surface area contributed by atoms with Gasteiger partial charge in [0.15, 0.2) is 5.78 Å². The lowest BCUT2D eigenvalue weighted by molar-refractivity contribution is -0.135. The van der Waals surface area contributed by atoms with E-state index in [0.717, 1.165) is 0 Å². The Morgan fingerprint density at radius 1 is 1.26 bits per heavy atom. The van der Waals surface area contributed by atoms with Crippen LogP contribution in [0, 0.1) is 0 Å². The summed E-state index contributed by atoms with van der Waals surface area (Å²) in [7, 11) is 1.60. The SMILES string of the molecule is CCC(=O)c1ccc2c(c1)n(C)c(=O)n2C1CCC(=O)NC1=O. The lowest BCUT2D eigenvalue weighted by Crippen LogP contribution is -2.44. The van der Waals surface area contributed by atoms with Crippen molar-refractivity contribution in [1.29, 1.82) is 0 Å². The summed E-state index contributed by atoms with van der Waals surface area (Å²) in [4.78, 5) is 47.8. The van der Waals surface area contributed by atoms with Crippen molar-refractivity contribution in [2.45, 2.75) is 32.2 Å². The molecule has 3 rings (SSSR count). The van der Waals surface area contributed by atoms with Gasteiger partial charge < -0.3 is 0 Å². The molecule has 23 heavy (non-hydrogen) atoms. The van der Waals surface area contributed by atoms with Gasteiger partial charge >= 0.3 is 5.69 Å². The molecule has 7 nitrogen and oxygen atoms in total. The molecule has 0 bridgehead atoms. The number of aromatic nitrogens is 2. The summed E-state index contributed by atoms with van der Waals surface area (Å²) in [5.41, 5.74) is 1.38. The molecule has 1 atom stereocenters. The average molecular weight is 315 g/mol. The molecule has 1 saturated heterocycles. The molecule has 1 unspecified atom stereocenters. The first kappa shape index (κ1) is 15.2. The first-order chi connectivity index (χ1) is 10.9. The Kier molecular flexibility index (Phi) is 3.63. The summed E-state index contributed by atoms with van der Waals surface area (Å²) in [6, 6.07) is 4.31. The Morgan fingerprint density at radius 3 is 2.65 bits per heavy atom. The van der Waals surface area contributed by atoms with Crippen LogP contribution in [0.1, 0.15) is 42.6 Å². The lowest BCUT2D eigenvalue weighted by atomic mass is 10.0. The van der Waals surface area contributed by atoms with Gasteiger partial charge in [-0.15, -0.1) is 0 Å². The lowest BCUT2D eigenvalue weighted by Gasteiger charge is -2.21. The molecule has 1 N–H and O–H groups in total. The number of carbonyl (C=O) groups is 3. The van der Waals surface area contributed by atoms with Crippen molar-refractivity contribution >= 4 is 28.6 Å². The minimum Gasteiger partial charge on any atom is -0.295 e. The third-order valence-electron chi connectivity index (χ3n) is 4.25. The van der Waals surface area contributed by atoms with Gasteiger partial charge in [-0.2, -0.15) is 0 Å². The van der Waals surface area contributed by atoms with Gasteiger partial charge in [-0.05, 0) is 24.6 Å². The zero-order chi connectivity index (χ0) is 16.7. The molecule has 1 aliphatic heterocycles. The van der Waals surface area contributed by atoms with Gasteiger partial charge in [0, 0.05) is 25.5 Å². The Bertz CT molecular complexity index is 891. The predicted octanol–water partition coefficient (Wildman–Crippen LogP) is 0.910. The third kappa shape index (κ3) is 2.38. The van der Waals surface area contributed by atoms with Crippen molar-refractivity contribution in [2.75, 3.05) is 0 Å². The Hall–Kier alpha value is -2.70. The fourth-order valence-electron chi connectivity index (χ4n) is 2.97. The summed E-state index contributed by atoms with van der Waals surface area (Å²) in [6.45, 7) is 1.78. The highest BCUT2D eigenvalue weighted by Gasteiger charge is 2.31. The number of Topliss-reactive ketones (excluding diaryl/α,β-unsaturated/α-hetero) is 1.